The zero-order valence-electron chi connectivity index (χ0n) is 14.0. The molecular formula is C17H14F3N3O3S. The molecule has 0 saturated carbocycles. The van der Waals surface area contributed by atoms with Gasteiger partial charge < -0.3 is 10.1 Å². The molecule has 1 aromatic carbocycles. The van der Waals surface area contributed by atoms with E-state index in [4.69, 9.17) is 0 Å². The monoisotopic (exact) mass is 397 g/mol. The van der Waals surface area contributed by atoms with Crippen LogP contribution in [0, 0.1) is 0 Å². The summed E-state index contributed by atoms with van der Waals surface area (Å²) in [7, 11) is 1.26. The molecule has 0 radical (unpaired) electrons. The summed E-state index contributed by atoms with van der Waals surface area (Å²) in [5, 5.41) is 4.18. The van der Waals surface area contributed by atoms with Crippen molar-refractivity contribution in [1.29, 1.82) is 0 Å². The number of carbonyl (C=O) groups is 2. The molecule has 2 heterocycles. The zero-order chi connectivity index (χ0) is 19.6. The number of halogens is 3. The number of carbonyl (C=O) groups excluding carboxylic acids is 2. The van der Waals surface area contributed by atoms with Gasteiger partial charge in [-0.3, -0.25) is 14.0 Å². The third-order valence-corrected chi connectivity index (χ3v) is 4.61. The third kappa shape index (κ3) is 4.11. The van der Waals surface area contributed by atoms with Crippen molar-refractivity contribution in [2.24, 2.45) is 0 Å². The Balaban J connectivity index is 1.83. The van der Waals surface area contributed by atoms with Crippen molar-refractivity contribution in [3.8, 4) is 11.3 Å². The molecule has 1 N–H and O–H groups in total. The van der Waals surface area contributed by atoms with Gasteiger partial charge in [0, 0.05) is 23.7 Å². The average Bonchev–Trinajstić information content (AvgIpc) is 3.21. The highest BCUT2D eigenvalue weighted by Crippen LogP contribution is 2.32. The van der Waals surface area contributed by atoms with Crippen molar-refractivity contribution in [2.45, 2.75) is 12.6 Å². The molecule has 2 aromatic heterocycles. The summed E-state index contributed by atoms with van der Waals surface area (Å²) in [6, 6.07) is 4.84. The number of hydrogen-bond donors (Lipinski definition) is 1. The Morgan fingerprint density at radius 2 is 2.11 bits per heavy atom. The first-order valence-corrected chi connectivity index (χ1v) is 8.67. The lowest BCUT2D eigenvalue weighted by molar-refractivity contribution is -0.140. The Morgan fingerprint density at radius 3 is 2.81 bits per heavy atom. The van der Waals surface area contributed by atoms with Crippen LogP contribution < -0.4 is 5.32 Å². The molecule has 27 heavy (non-hydrogen) atoms. The minimum atomic E-state index is -4.45. The van der Waals surface area contributed by atoms with Gasteiger partial charge in [0.25, 0.3) is 5.91 Å². The maximum atomic E-state index is 12.9. The van der Waals surface area contributed by atoms with E-state index in [0.29, 0.717) is 16.2 Å². The van der Waals surface area contributed by atoms with Crippen LogP contribution in [0.4, 0.5) is 13.2 Å². The molecule has 3 aromatic rings. The van der Waals surface area contributed by atoms with E-state index in [-0.39, 0.29) is 18.7 Å². The molecule has 1 amide bonds. The third-order valence-electron chi connectivity index (χ3n) is 3.77. The molecule has 0 saturated heterocycles. The van der Waals surface area contributed by atoms with E-state index in [1.807, 2.05) is 0 Å². The van der Waals surface area contributed by atoms with Crippen molar-refractivity contribution in [3.63, 3.8) is 0 Å². The molecule has 3 rings (SSSR count). The van der Waals surface area contributed by atoms with Gasteiger partial charge in [0.15, 0.2) is 4.96 Å². The van der Waals surface area contributed by atoms with Gasteiger partial charge in [-0.1, -0.05) is 12.1 Å². The van der Waals surface area contributed by atoms with E-state index < -0.39 is 23.6 Å². The Hall–Kier alpha value is -2.88. The van der Waals surface area contributed by atoms with Gasteiger partial charge in [-0.15, -0.1) is 11.3 Å². The van der Waals surface area contributed by atoms with Crippen molar-refractivity contribution in [2.75, 3.05) is 13.7 Å². The van der Waals surface area contributed by atoms with Crippen LogP contribution in [0.2, 0.25) is 0 Å². The SMILES string of the molecule is COC(=O)CCNC(=O)c1csc2nc(-c3cccc(C(F)(F)F)c3)cn12. The second kappa shape index (κ2) is 7.39. The summed E-state index contributed by atoms with van der Waals surface area (Å²) in [5.41, 5.74) is 0.150. The molecule has 6 nitrogen and oxygen atoms in total. The van der Waals surface area contributed by atoms with Crippen LogP contribution in [-0.4, -0.2) is 34.9 Å². The molecule has 0 aliphatic carbocycles. The number of amides is 1. The van der Waals surface area contributed by atoms with Crippen LogP contribution in [0.25, 0.3) is 16.2 Å². The van der Waals surface area contributed by atoms with E-state index >= 15 is 0 Å². The molecule has 0 bridgehead atoms. The van der Waals surface area contributed by atoms with Crippen LogP contribution >= 0.6 is 11.3 Å². The first kappa shape index (κ1) is 18.9. The first-order chi connectivity index (χ1) is 12.8. The number of methoxy groups -OCH3 is 1. The number of imidazole rings is 1. The number of ether oxygens (including phenoxy) is 1. The first-order valence-electron chi connectivity index (χ1n) is 7.79. The van der Waals surface area contributed by atoms with E-state index in [0.717, 1.165) is 12.1 Å². The average molecular weight is 397 g/mol. The van der Waals surface area contributed by atoms with Gasteiger partial charge in [0.05, 0.1) is 24.8 Å². The largest absolute Gasteiger partial charge is 0.469 e. The highest BCUT2D eigenvalue weighted by molar-refractivity contribution is 7.15. The van der Waals surface area contributed by atoms with E-state index in [9.17, 15) is 22.8 Å². The lowest BCUT2D eigenvalue weighted by atomic mass is 10.1. The van der Waals surface area contributed by atoms with E-state index in [1.54, 1.807) is 5.38 Å². The summed E-state index contributed by atoms with van der Waals surface area (Å²) in [5.74, 6) is -0.863. The maximum absolute atomic E-state index is 12.9. The number of alkyl halides is 3. The molecule has 0 aliphatic rings. The zero-order valence-corrected chi connectivity index (χ0v) is 14.9. The number of fused-ring (bicyclic) bond motifs is 1. The smallest absolute Gasteiger partial charge is 0.416 e. The molecule has 10 heteroatoms. The highest BCUT2D eigenvalue weighted by Gasteiger charge is 2.30. The van der Waals surface area contributed by atoms with Crippen LogP contribution in [0.15, 0.2) is 35.8 Å². The van der Waals surface area contributed by atoms with Crippen LogP contribution in [0.3, 0.4) is 0 Å². The Labute approximate surface area is 155 Å². The molecule has 0 aliphatic heterocycles. The normalized spacial score (nSPS) is 11.6. The van der Waals surface area contributed by atoms with Crippen molar-refractivity contribution in [3.05, 3.63) is 47.1 Å². The predicted octanol–water partition coefficient (Wildman–Crippen LogP) is 3.37. The number of benzene rings is 1. The minimum absolute atomic E-state index is 0.0366. The van der Waals surface area contributed by atoms with E-state index in [2.05, 4.69) is 15.0 Å². The van der Waals surface area contributed by atoms with Gasteiger partial charge in [-0.25, -0.2) is 4.98 Å². The summed E-state index contributed by atoms with van der Waals surface area (Å²) in [4.78, 5) is 28.1. The molecule has 0 fully saturated rings. The Kier molecular flexibility index (Phi) is 5.17. The van der Waals surface area contributed by atoms with Gasteiger partial charge >= 0.3 is 12.1 Å². The molecule has 0 unspecified atom stereocenters. The standard InChI is InChI=1S/C17H14F3N3O3S/c1-26-14(24)5-6-21-15(25)13-9-27-16-22-12(8-23(13)16)10-3-2-4-11(7-10)17(18,19)20/h2-4,7-9H,5-6H2,1H3,(H,21,25). The fourth-order valence-corrected chi connectivity index (χ4v) is 3.27. The van der Waals surface area contributed by atoms with Gasteiger partial charge in [-0.2, -0.15) is 13.2 Å². The predicted molar refractivity (Wildman–Crippen MR) is 92.5 cm³/mol. The summed E-state index contributed by atoms with van der Waals surface area (Å²) >= 11 is 1.19. The molecule has 142 valence electrons. The topological polar surface area (TPSA) is 72.7 Å². The number of nitrogens with zero attached hydrogens (tertiary/aromatic N) is 2. The Morgan fingerprint density at radius 1 is 1.33 bits per heavy atom. The quantitative estimate of drug-likeness (QED) is 0.670. The minimum Gasteiger partial charge on any atom is -0.469 e. The number of rotatable bonds is 5. The summed E-state index contributed by atoms with van der Waals surface area (Å²) in [6.45, 7) is 0.109. The summed E-state index contributed by atoms with van der Waals surface area (Å²) < 4.78 is 44.7. The van der Waals surface area contributed by atoms with E-state index in [1.165, 1.54) is 41.2 Å². The number of aromatic nitrogens is 2. The highest BCUT2D eigenvalue weighted by atomic mass is 32.1. The number of esters is 1. The van der Waals surface area contributed by atoms with Gasteiger partial charge in [0.1, 0.15) is 5.69 Å². The Bertz CT molecular complexity index is 994. The van der Waals surface area contributed by atoms with Gasteiger partial charge in [0.2, 0.25) is 0 Å². The van der Waals surface area contributed by atoms with Crippen LogP contribution in [-0.2, 0) is 15.7 Å². The fraction of sp³-hybridized carbons (Fsp3) is 0.235. The van der Waals surface area contributed by atoms with Crippen LogP contribution in [0.1, 0.15) is 22.5 Å². The molecular weight excluding hydrogens is 383 g/mol. The van der Waals surface area contributed by atoms with Crippen molar-refractivity contribution < 1.29 is 27.5 Å². The molecule has 0 atom stereocenters. The maximum Gasteiger partial charge on any atom is 0.416 e. The summed E-state index contributed by atoms with van der Waals surface area (Å²) in [6.07, 6.45) is -2.90. The number of thiazole rings is 1. The van der Waals surface area contributed by atoms with Gasteiger partial charge in [-0.05, 0) is 12.1 Å². The van der Waals surface area contributed by atoms with Crippen LogP contribution in [0.5, 0.6) is 0 Å². The lowest BCUT2D eigenvalue weighted by Gasteiger charge is -2.07. The van der Waals surface area contributed by atoms with Crippen molar-refractivity contribution >= 4 is 28.2 Å². The molecule has 0 spiro atoms. The fourth-order valence-electron chi connectivity index (χ4n) is 2.41. The van der Waals surface area contributed by atoms with Crippen molar-refractivity contribution in [1.82, 2.24) is 14.7 Å². The number of hydrogen-bond acceptors (Lipinski definition) is 5. The second-order valence-corrected chi connectivity index (χ2v) is 6.40. The second-order valence-electron chi connectivity index (χ2n) is 5.56. The lowest BCUT2D eigenvalue weighted by Crippen LogP contribution is -2.27. The number of nitrogens with one attached hydrogen (secondary N) is 1.